The fraction of sp³-hybridized carbons (Fsp3) is 0.280. The second kappa shape index (κ2) is 8.28. The van der Waals surface area contributed by atoms with Crippen LogP contribution in [-0.4, -0.2) is 0 Å². The predicted octanol–water partition coefficient (Wildman–Crippen LogP) is 9.61. The first-order chi connectivity index (χ1) is 14.9. The summed E-state index contributed by atoms with van der Waals surface area (Å²) in [5.74, 6) is 0.625. The van der Waals surface area contributed by atoms with Crippen LogP contribution < -0.4 is 3.11 Å². The molecule has 3 aromatic carbocycles. The molecular weight excluding hydrogens is 530 g/mol. The van der Waals surface area contributed by atoms with Gasteiger partial charge in [0.2, 0.25) is 0 Å². The standard InChI is InChI=1S/C25H21F3INS/c26-25(27,28)17-12-14-18(15-13-17)30(29)22-11-5-10-21-20-9-4-8-19(23(20)31-24(21)22)16-6-2-1-3-7-16/h4-5,8-16H,1-3,6-7H2. The van der Waals surface area contributed by atoms with Crippen molar-refractivity contribution >= 4 is 65.7 Å². The number of rotatable bonds is 3. The maximum absolute atomic E-state index is 12.9. The number of halogens is 4. The Balaban J connectivity index is 1.59. The van der Waals surface area contributed by atoms with E-state index in [1.807, 2.05) is 26.6 Å². The average molecular weight is 551 g/mol. The zero-order valence-corrected chi connectivity index (χ0v) is 19.7. The van der Waals surface area contributed by atoms with E-state index in [1.54, 1.807) is 0 Å². The van der Waals surface area contributed by atoms with Gasteiger partial charge in [-0.1, -0.05) is 49.6 Å². The molecule has 0 spiro atoms. The molecule has 5 rings (SSSR count). The number of thiophene rings is 1. The molecule has 1 nitrogen and oxygen atoms in total. The molecule has 1 fully saturated rings. The third-order valence-corrected chi connectivity index (χ3v) is 8.58. The predicted molar refractivity (Wildman–Crippen MR) is 133 cm³/mol. The monoisotopic (exact) mass is 551 g/mol. The fourth-order valence-corrected chi connectivity index (χ4v) is 6.92. The van der Waals surface area contributed by atoms with Crippen molar-refractivity contribution in [3.8, 4) is 0 Å². The second-order valence-corrected chi connectivity index (χ2v) is 10.1. The highest BCUT2D eigenvalue weighted by molar-refractivity contribution is 14.1. The van der Waals surface area contributed by atoms with Crippen LogP contribution in [0.4, 0.5) is 24.5 Å². The Morgan fingerprint density at radius 3 is 2.13 bits per heavy atom. The van der Waals surface area contributed by atoms with Crippen molar-refractivity contribution < 1.29 is 13.2 Å². The molecule has 6 heteroatoms. The number of benzene rings is 3. The first kappa shape index (κ1) is 21.1. The summed E-state index contributed by atoms with van der Waals surface area (Å²) in [7, 11) is 0. The van der Waals surface area contributed by atoms with Crippen LogP contribution in [0.25, 0.3) is 20.2 Å². The van der Waals surface area contributed by atoms with E-state index < -0.39 is 11.7 Å². The third kappa shape index (κ3) is 3.93. The summed E-state index contributed by atoms with van der Waals surface area (Å²) >= 11 is 4.00. The maximum Gasteiger partial charge on any atom is 0.416 e. The van der Waals surface area contributed by atoms with Crippen LogP contribution in [0.2, 0.25) is 0 Å². The number of anilines is 2. The van der Waals surface area contributed by atoms with Crippen molar-refractivity contribution in [1.82, 2.24) is 0 Å². The Morgan fingerprint density at radius 1 is 0.806 bits per heavy atom. The lowest BCUT2D eigenvalue weighted by Gasteiger charge is -2.22. The van der Waals surface area contributed by atoms with E-state index in [0.717, 1.165) is 23.5 Å². The molecule has 4 aromatic rings. The highest BCUT2D eigenvalue weighted by Crippen LogP contribution is 2.46. The molecule has 1 saturated carbocycles. The summed E-state index contributed by atoms with van der Waals surface area (Å²) in [6.45, 7) is 0. The van der Waals surface area contributed by atoms with Gasteiger partial charge in [-0.05, 0) is 54.7 Å². The van der Waals surface area contributed by atoms with Crippen LogP contribution in [0.1, 0.15) is 49.1 Å². The zero-order valence-electron chi connectivity index (χ0n) is 16.8. The minimum Gasteiger partial charge on any atom is -0.282 e. The molecule has 0 N–H and O–H groups in total. The molecule has 1 aliphatic rings. The molecule has 0 saturated heterocycles. The quantitative estimate of drug-likeness (QED) is 0.181. The maximum atomic E-state index is 12.9. The Hall–Kier alpha value is -1.80. The minimum absolute atomic E-state index is 0.625. The summed E-state index contributed by atoms with van der Waals surface area (Å²) in [5, 5.41) is 2.49. The second-order valence-electron chi connectivity index (χ2n) is 8.14. The minimum atomic E-state index is -4.32. The van der Waals surface area contributed by atoms with Crippen molar-refractivity contribution in [2.24, 2.45) is 0 Å². The van der Waals surface area contributed by atoms with Gasteiger partial charge in [0.15, 0.2) is 0 Å². The van der Waals surface area contributed by atoms with Gasteiger partial charge >= 0.3 is 6.18 Å². The van der Waals surface area contributed by atoms with E-state index in [1.165, 1.54) is 70.0 Å². The molecule has 31 heavy (non-hydrogen) atoms. The van der Waals surface area contributed by atoms with E-state index in [4.69, 9.17) is 0 Å². The highest BCUT2D eigenvalue weighted by atomic mass is 127. The highest BCUT2D eigenvalue weighted by Gasteiger charge is 2.30. The van der Waals surface area contributed by atoms with Crippen LogP contribution in [0.15, 0.2) is 60.7 Å². The van der Waals surface area contributed by atoms with Gasteiger partial charge in [-0.25, -0.2) is 0 Å². The van der Waals surface area contributed by atoms with Gasteiger partial charge in [0.05, 0.1) is 44.5 Å². The lowest BCUT2D eigenvalue weighted by atomic mass is 9.84. The van der Waals surface area contributed by atoms with E-state index in [-0.39, 0.29) is 0 Å². The molecule has 0 unspecified atom stereocenters. The fourth-order valence-electron chi connectivity index (χ4n) is 4.64. The molecule has 1 heterocycles. The van der Waals surface area contributed by atoms with Crippen LogP contribution in [-0.2, 0) is 6.18 Å². The molecular formula is C25H21F3INS. The van der Waals surface area contributed by atoms with Gasteiger partial charge in [-0.2, -0.15) is 13.2 Å². The molecule has 1 aromatic heterocycles. The molecule has 0 radical (unpaired) electrons. The molecule has 0 aliphatic heterocycles. The first-order valence-electron chi connectivity index (χ1n) is 10.5. The number of fused-ring (bicyclic) bond motifs is 3. The van der Waals surface area contributed by atoms with Crippen LogP contribution in [0, 0.1) is 0 Å². The molecule has 160 valence electrons. The Bertz CT molecular complexity index is 1220. The van der Waals surface area contributed by atoms with Crippen molar-refractivity contribution in [2.75, 3.05) is 3.11 Å². The van der Waals surface area contributed by atoms with E-state index in [2.05, 4.69) is 47.1 Å². The smallest absolute Gasteiger partial charge is 0.282 e. The van der Waals surface area contributed by atoms with E-state index in [0.29, 0.717) is 5.92 Å². The Labute approximate surface area is 197 Å². The van der Waals surface area contributed by atoms with Crippen molar-refractivity contribution in [1.29, 1.82) is 0 Å². The summed E-state index contributed by atoms with van der Waals surface area (Å²) in [4.78, 5) is 0. The van der Waals surface area contributed by atoms with Gasteiger partial charge in [0.25, 0.3) is 0 Å². The summed E-state index contributed by atoms with van der Waals surface area (Å²) < 4.78 is 43.3. The average Bonchev–Trinajstić information content (AvgIpc) is 3.18. The van der Waals surface area contributed by atoms with Crippen molar-refractivity contribution in [3.05, 3.63) is 71.8 Å². The lowest BCUT2D eigenvalue weighted by molar-refractivity contribution is -0.137. The van der Waals surface area contributed by atoms with Crippen LogP contribution in [0.3, 0.4) is 0 Å². The molecule has 1 aliphatic carbocycles. The first-order valence-corrected chi connectivity index (χ1v) is 12.3. The summed E-state index contributed by atoms with van der Waals surface area (Å²) in [5.41, 5.74) is 2.57. The van der Waals surface area contributed by atoms with Crippen molar-refractivity contribution in [3.63, 3.8) is 0 Å². The molecule has 0 amide bonds. The summed E-state index contributed by atoms with van der Waals surface area (Å²) in [6, 6.07) is 18.2. The molecule has 0 atom stereocenters. The zero-order chi connectivity index (χ0) is 21.6. The van der Waals surface area contributed by atoms with Gasteiger partial charge in [0, 0.05) is 15.5 Å². The lowest BCUT2D eigenvalue weighted by Crippen LogP contribution is -2.06. The Morgan fingerprint density at radius 2 is 1.45 bits per heavy atom. The van der Waals surface area contributed by atoms with Gasteiger partial charge in [0.1, 0.15) is 0 Å². The normalized spacial score (nSPS) is 15.6. The largest absolute Gasteiger partial charge is 0.416 e. The SMILES string of the molecule is FC(F)(F)c1ccc(N(I)c2cccc3c2sc2c(C4CCCCC4)cccc23)cc1. The van der Waals surface area contributed by atoms with Crippen LogP contribution >= 0.6 is 34.2 Å². The number of hydrogen-bond donors (Lipinski definition) is 0. The number of nitrogens with zero attached hydrogens (tertiary/aromatic N) is 1. The van der Waals surface area contributed by atoms with Gasteiger partial charge in [-0.3, -0.25) is 3.11 Å². The van der Waals surface area contributed by atoms with Crippen LogP contribution in [0.5, 0.6) is 0 Å². The molecule has 0 bridgehead atoms. The third-order valence-electron chi connectivity index (χ3n) is 6.21. The summed E-state index contributed by atoms with van der Waals surface area (Å²) in [6.07, 6.45) is 2.11. The number of alkyl halides is 3. The topological polar surface area (TPSA) is 3.24 Å². The van der Waals surface area contributed by atoms with Gasteiger partial charge < -0.3 is 0 Å². The van der Waals surface area contributed by atoms with E-state index >= 15 is 0 Å². The van der Waals surface area contributed by atoms with Crippen molar-refractivity contribution in [2.45, 2.75) is 44.2 Å². The number of hydrogen-bond acceptors (Lipinski definition) is 2. The Kier molecular flexibility index (Phi) is 5.63. The van der Waals surface area contributed by atoms with Gasteiger partial charge in [-0.15, -0.1) is 11.3 Å². The van der Waals surface area contributed by atoms with E-state index in [9.17, 15) is 13.2 Å².